The lowest BCUT2D eigenvalue weighted by molar-refractivity contribution is -0.127. The van der Waals surface area contributed by atoms with E-state index in [1.54, 1.807) is 0 Å². The minimum Gasteiger partial charge on any atom is -0.345 e. The van der Waals surface area contributed by atoms with E-state index in [-0.39, 0.29) is 0 Å². The Bertz CT molecular complexity index is 546. The summed E-state index contributed by atoms with van der Waals surface area (Å²) in [6.07, 6.45) is 0.585. The van der Waals surface area contributed by atoms with Crippen LogP contribution < -0.4 is 5.73 Å². The fourth-order valence-corrected chi connectivity index (χ4v) is 2.85. The zero-order valence-corrected chi connectivity index (χ0v) is 11.5. The van der Waals surface area contributed by atoms with Gasteiger partial charge in [-0.25, -0.2) is 12.8 Å². The molecule has 0 aliphatic carbocycles. The summed E-state index contributed by atoms with van der Waals surface area (Å²) in [6.45, 7) is 0.791. The highest BCUT2D eigenvalue weighted by Gasteiger charge is 2.24. The second-order valence-electron chi connectivity index (χ2n) is 4.15. The summed E-state index contributed by atoms with van der Waals surface area (Å²) in [5, 5.41) is 0. The monoisotopic (exact) mass is 288 g/mol. The highest BCUT2D eigenvalue weighted by Crippen LogP contribution is 2.15. The Morgan fingerprint density at radius 2 is 2.00 bits per heavy atom. The first kappa shape index (κ1) is 15.6. The van der Waals surface area contributed by atoms with Gasteiger partial charge >= 0.3 is 0 Å². The molecule has 0 aliphatic rings. The van der Waals surface area contributed by atoms with Crippen molar-refractivity contribution in [3.63, 3.8) is 0 Å². The molecule has 0 aliphatic heterocycles. The third kappa shape index (κ3) is 4.29. The maximum atomic E-state index is 13.4. The van der Waals surface area contributed by atoms with E-state index in [0.717, 1.165) is 12.1 Å². The number of nitrogens with two attached hydrogens (primary N) is 1. The lowest BCUT2D eigenvalue weighted by atomic mass is 10.3. The van der Waals surface area contributed by atoms with Crippen molar-refractivity contribution in [2.75, 3.05) is 25.9 Å². The molecule has 0 bridgehead atoms. The first-order valence-corrected chi connectivity index (χ1v) is 7.45. The van der Waals surface area contributed by atoms with Crippen LogP contribution in [0.4, 0.5) is 4.39 Å². The standard InChI is InChI=1S/C12H17FN2O3S/c1-15(8-4-7-14)12(16)9-19(17,18)11-6-3-2-5-10(11)13/h2-3,5-6H,4,7-9,14H2,1H3. The number of amides is 1. The Labute approximate surface area is 112 Å². The fraction of sp³-hybridized carbons (Fsp3) is 0.417. The predicted octanol–water partition coefficient (Wildman–Crippen LogP) is 0.407. The van der Waals surface area contributed by atoms with Crippen molar-refractivity contribution in [2.45, 2.75) is 11.3 Å². The minimum atomic E-state index is -3.96. The topological polar surface area (TPSA) is 80.5 Å². The number of carbonyl (C=O) groups is 1. The van der Waals surface area contributed by atoms with Crippen molar-refractivity contribution < 1.29 is 17.6 Å². The average molecular weight is 288 g/mol. The van der Waals surface area contributed by atoms with Crippen LogP contribution in [0.3, 0.4) is 0 Å². The molecule has 19 heavy (non-hydrogen) atoms. The van der Waals surface area contributed by atoms with Gasteiger partial charge in [-0.1, -0.05) is 12.1 Å². The van der Waals surface area contributed by atoms with Gasteiger partial charge < -0.3 is 10.6 Å². The third-order valence-electron chi connectivity index (χ3n) is 2.61. The molecule has 1 aromatic rings. The van der Waals surface area contributed by atoms with E-state index in [9.17, 15) is 17.6 Å². The molecule has 0 fully saturated rings. The number of hydrogen-bond donors (Lipinski definition) is 1. The largest absolute Gasteiger partial charge is 0.345 e. The highest BCUT2D eigenvalue weighted by molar-refractivity contribution is 7.92. The van der Waals surface area contributed by atoms with E-state index in [0.29, 0.717) is 19.5 Å². The van der Waals surface area contributed by atoms with E-state index >= 15 is 0 Å². The summed E-state index contributed by atoms with van der Waals surface area (Å²) in [5.41, 5.74) is 5.31. The van der Waals surface area contributed by atoms with Crippen LogP contribution in [-0.4, -0.2) is 45.1 Å². The third-order valence-corrected chi connectivity index (χ3v) is 4.24. The maximum Gasteiger partial charge on any atom is 0.237 e. The van der Waals surface area contributed by atoms with Crippen LogP contribution in [0.25, 0.3) is 0 Å². The van der Waals surface area contributed by atoms with Crippen LogP contribution in [0.2, 0.25) is 0 Å². The molecule has 0 aromatic heterocycles. The first-order valence-electron chi connectivity index (χ1n) is 5.80. The summed E-state index contributed by atoms with van der Waals surface area (Å²) in [5.74, 6) is -2.16. The first-order chi connectivity index (χ1) is 8.88. The molecule has 5 nitrogen and oxygen atoms in total. The van der Waals surface area contributed by atoms with Gasteiger partial charge in [-0.05, 0) is 25.1 Å². The van der Waals surface area contributed by atoms with E-state index in [2.05, 4.69) is 0 Å². The molecule has 0 heterocycles. The van der Waals surface area contributed by atoms with Gasteiger partial charge in [0, 0.05) is 13.6 Å². The molecule has 0 saturated carbocycles. The van der Waals surface area contributed by atoms with Crippen LogP contribution >= 0.6 is 0 Å². The van der Waals surface area contributed by atoms with E-state index < -0.39 is 32.2 Å². The van der Waals surface area contributed by atoms with Gasteiger partial charge in [0.2, 0.25) is 5.91 Å². The Hall–Kier alpha value is -1.47. The van der Waals surface area contributed by atoms with E-state index in [1.165, 1.54) is 24.1 Å². The Balaban J connectivity index is 2.81. The minimum absolute atomic E-state index is 0.377. The summed E-state index contributed by atoms with van der Waals surface area (Å²) in [7, 11) is -2.46. The lowest BCUT2D eigenvalue weighted by Gasteiger charge is -2.16. The van der Waals surface area contributed by atoms with Crippen LogP contribution in [0.5, 0.6) is 0 Å². The maximum absolute atomic E-state index is 13.4. The van der Waals surface area contributed by atoms with Gasteiger partial charge in [-0.3, -0.25) is 4.79 Å². The molecule has 2 N–H and O–H groups in total. The zero-order valence-electron chi connectivity index (χ0n) is 10.7. The van der Waals surface area contributed by atoms with E-state index in [1.807, 2.05) is 0 Å². The molecule has 106 valence electrons. The highest BCUT2D eigenvalue weighted by atomic mass is 32.2. The number of benzene rings is 1. The Kier molecular flexibility index (Phi) is 5.44. The number of carbonyl (C=O) groups excluding carboxylic acids is 1. The number of halogens is 1. The zero-order chi connectivity index (χ0) is 14.5. The molecule has 1 rings (SSSR count). The molecule has 0 unspecified atom stereocenters. The molecule has 0 radical (unpaired) electrons. The normalized spacial score (nSPS) is 11.3. The number of hydrogen-bond acceptors (Lipinski definition) is 4. The van der Waals surface area contributed by atoms with Crippen LogP contribution in [0, 0.1) is 5.82 Å². The number of sulfone groups is 1. The van der Waals surface area contributed by atoms with Crippen LogP contribution in [0.15, 0.2) is 29.2 Å². The van der Waals surface area contributed by atoms with Crippen molar-refractivity contribution in [1.29, 1.82) is 0 Å². The van der Waals surface area contributed by atoms with Crippen molar-refractivity contribution in [3.8, 4) is 0 Å². The summed E-state index contributed by atoms with van der Waals surface area (Å²) in [4.78, 5) is 12.6. The van der Waals surface area contributed by atoms with Gasteiger partial charge in [0.1, 0.15) is 16.5 Å². The number of rotatable bonds is 6. The molecule has 0 spiro atoms. The van der Waals surface area contributed by atoms with Crippen molar-refractivity contribution in [1.82, 2.24) is 4.90 Å². The van der Waals surface area contributed by atoms with Gasteiger partial charge in [-0.2, -0.15) is 0 Å². The van der Waals surface area contributed by atoms with Gasteiger partial charge in [-0.15, -0.1) is 0 Å². The van der Waals surface area contributed by atoms with Crippen molar-refractivity contribution in [2.24, 2.45) is 5.73 Å². The fourth-order valence-electron chi connectivity index (χ4n) is 1.50. The van der Waals surface area contributed by atoms with E-state index in [4.69, 9.17) is 5.73 Å². The summed E-state index contributed by atoms with van der Waals surface area (Å²) >= 11 is 0. The molecular weight excluding hydrogens is 271 g/mol. The molecule has 1 aromatic carbocycles. The Morgan fingerprint density at radius 3 is 2.58 bits per heavy atom. The smallest absolute Gasteiger partial charge is 0.237 e. The number of nitrogens with zero attached hydrogens (tertiary/aromatic N) is 1. The summed E-state index contributed by atoms with van der Waals surface area (Å²) < 4.78 is 37.3. The van der Waals surface area contributed by atoms with Crippen molar-refractivity contribution >= 4 is 15.7 Å². The molecular formula is C12H17FN2O3S. The van der Waals surface area contributed by atoms with Gasteiger partial charge in [0.15, 0.2) is 9.84 Å². The Morgan fingerprint density at radius 1 is 1.37 bits per heavy atom. The van der Waals surface area contributed by atoms with Crippen molar-refractivity contribution in [3.05, 3.63) is 30.1 Å². The SMILES string of the molecule is CN(CCCN)C(=O)CS(=O)(=O)c1ccccc1F. The molecule has 1 amide bonds. The van der Waals surface area contributed by atoms with Gasteiger partial charge in [0.25, 0.3) is 0 Å². The molecule has 7 heteroatoms. The molecule has 0 atom stereocenters. The summed E-state index contributed by atoms with van der Waals surface area (Å²) in [6, 6.07) is 5.01. The van der Waals surface area contributed by atoms with Gasteiger partial charge in [0.05, 0.1) is 0 Å². The quantitative estimate of drug-likeness (QED) is 0.822. The van der Waals surface area contributed by atoms with Crippen LogP contribution in [-0.2, 0) is 14.6 Å². The lowest BCUT2D eigenvalue weighted by Crippen LogP contribution is -2.34. The van der Waals surface area contributed by atoms with Crippen LogP contribution in [0.1, 0.15) is 6.42 Å². The second kappa shape index (κ2) is 6.63. The molecule has 0 saturated heterocycles. The second-order valence-corrected chi connectivity index (χ2v) is 6.11. The average Bonchev–Trinajstić information content (AvgIpc) is 2.35. The predicted molar refractivity (Wildman–Crippen MR) is 69.8 cm³/mol.